The van der Waals surface area contributed by atoms with E-state index in [0.717, 1.165) is 0 Å². The molecule has 4 amide bonds. The van der Waals surface area contributed by atoms with Gasteiger partial charge in [-0.2, -0.15) is 0 Å². The van der Waals surface area contributed by atoms with Crippen LogP contribution in [-0.4, -0.2) is 69.5 Å². The lowest BCUT2D eigenvalue weighted by molar-refractivity contribution is -0.147. The molecule has 218 valence electrons. The first-order valence-corrected chi connectivity index (χ1v) is 13.0. The fraction of sp³-hybridized carbons (Fsp3) is 0.276. The van der Waals surface area contributed by atoms with Crippen molar-refractivity contribution in [3.63, 3.8) is 0 Å². The number of phenolic OH excluding ortho intramolecular Hbond substituents is 1. The molecule has 0 spiro atoms. The Balaban J connectivity index is 1.58. The molecule has 0 bridgehead atoms. The zero-order valence-electron chi connectivity index (χ0n) is 22.6. The predicted molar refractivity (Wildman–Crippen MR) is 149 cm³/mol. The molecule has 2 aromatic carbocycles. The van der Waals surface area contributed by atoms with E-state index in [0.29, 0.717) is 11.3 Å². The summed E-state index contributed by atoms with van der Waals surface area (Å²) in [5.74, 6) is -8.22. The number of carbonyl (C=O) groups excluding carboxylic acids is 5. The maximum Gasteiger partial charge on any atom is 0.326 e. The first-order chi connectivity index (χ1) is 19.8. The smallest absolute Gasteiger partial charge is 0.326 e. The Hall–Kier alpha value is -5.17. The highest BCUT2D eigenvalue weighted by Crippen LogP contribution is 2.54. The molecule has 1 fully saturated rings. The van der Waals surface area contributed by atoms with E-state index in [2.05, 4.69) is 10.6 Å². The molecule has 5 rings (SSSR count). The molecule has 0 aromatic heterocycles. The molecule has 1 saturated carbocycles. The van der Waals surface area contributed by atoms with Gasteiger partial charge in [-0.1, -0.05) is 18.2 Å². The number of aliphatic hydroxyl groups excluding tert-OH is 2. The molecular weight excluding hydrogens is 548 g/mol. The zero-order valence-corrected chi connectivity index (χ0v) is 22.6. The fourth-order valence-corrected chi connectivity index (χ4v) is 6.08. The summed E-state index contributed by atoms with van der Waals surface area (Å²) in [5, 5.41) is 49.3. The molecule has 0 heterocycles. The summed E-state index contributed by atoms with van der Waals surface area (Å²) < 4.78 is 0. The third kappa shape index (κ3) is 4.25. The van der Waals surface area contributed by atoms with Crippen LogP contribution in [0.2, 0.25) is 0 Å². The summed E-state index contributed by atoms with van der Waals surface area (Å²) in [6.07, 6.45) is -0.345. The lowest BCUT2D eigenvalue weighted by Crippen LogP contribution is -2.58. The molecule has 2 aromatic rings. The lowest BCUT2D eigenvalue weighted by Gasteiger charge is -2.46. The van der Waals surface area contributed by atoms with Crippen LogP contribution in [0.1, 0.15) is 34.3 Å². The van der Waals surface area contributed by atoms with Crippen LogP contribution in [0.3, 0.4) is 0 Å². The Morgan fingerprint density at radius 1 is 1.05 bits per heavy atom. The first kappa shape index (κ1) is 28.4. The van der Waals surface area contributed by atoms with Gasteiger partial charge in [0.15, 0.2) is 17.1 Å². The van der Waals surface area contributed by atoms with Gasteiger partial charge in [0.25, 0.3) is 11.8 Å². The van der Waals surface area contributed by atoms with Crippen molar-refractivity contribution < 1.29 is 44.4 Å². The Kier molecular flexibility index (Phi) is 6.77. The van der Waals surface area contributed by atoms with Crippen LogP contribution in [0.4, 0.5) is 16.2 Å². The number of anilines is 2. The Labute approximate surface area is 238 Å². The van der Waals surface area contributed by atoms with E-state index < -0.39 is 76.1 Å². The molecule has 8 N–H and O–H groups in total. The number of hydrogen-bond donors (Lipinski definition) is 7. The second-order valence-corrected chi connectivity index (χ2v) is 10.7. The first-order valence-electron chi connectivity index (χ1n) is 13.0. The molecule has 0 aliphatic heterocycles. The number of primary amides is 1. The number of aliphatic hydroxyl groups is 3. The minimum atomic E-state index is -2.69. The molecule has 13 nitrogen and oxygen atoms in total. The van der Waals surface area contributed by atoms with Crippen LogP contribution in [0, 0.1) is 11.8 Å². The summed E-state index contributed by atoms with van der Waals surface area (Å²) in [5.41, 5.74) is 2.06. The van der Waals surface area contributed by atoms with E-state index in [9.17, 15) is 44.4 Å². The van der Waals surface area contributed by atoms with Gasteiger partial charge in [-0.3, -0.25) is 24.5 Å². The van der Waals surface area contributed by atoms with Crippen molar-refractivity contribution in [3.05, 3.63) is 70.0 Å². The second-order valence-electron chi connectivity index (χ2n) is 10.7. The van der Waals surface area contributed by atoms with Crippen LogP contribution in [0.5, 0.6) is 5.75 Å². The molecule has 13 heteroatoms. The van der Waals surface area contributed by atoms with Crippen LogP contribution in [-0.2, 0) is 20.8 Å². The second kappa shape index (κ2) is 10.0. The zero-order chi connectivity index (χ0) is 30.7. The molecule has 3 aliphatic rings. The number of fused-ring (bicyclic) bond motifs is 3. The van der Waals surface area contributed by atoms with E-state index in [1.165, 1.54) is 18.2 Å². The average Bonchev–Trinajstić information content (AvgIpc) is 2.92. The van der Waals surface area contributed by atoms with Crippen LogP contribution in [0.25, 0.3) is 5.76 Å². The molecule has 0 saturated heterocycles. The average molecular weight is 577 g/mol. The van der Waals surface area contributed by atoms with Gasteiger partial charge in [0.2, 0.25) is 5.78 Å². The Bertz CT molecular complexity index is 1640. The van der Waals surface area contributed by atoms with E-state index in [-0.39, 0.29) is 35.2 Å². The number of nitrogens with two attached hydrogens (primary N) is 1. The molecule has 42 heavy (non-hydrogen) atoms. The Morgan fingerprint density at radius 3 is 2.33 bits per heavy atom. The van der Waals surface area contributed by atoms with Crippen LogP contribution in [0.15, 0.2) is 53.3 Å². The fourth-order valence-electron chi connectivity index (χ4n) is 6.08. The summed E-state index contributed by atoms with van der Waals surface area (Å²) in [6.45, 7) is 0. The standard InChI is InChI=1S/C29H28N4O9/c1-33(2)17-11-16(31-28(41)32-27(40)12-6-4-3-5-7-12)22(35)20-15(17)9-13-8-14-10-18(34)21(26(30)39)25(38)29(14,42)24(37)19(13)23(20)36/h3-7,11,13-14,35-36,38,42H,8-10H2,1-2H3,(H2,30,39)(H2,31,32,40,41). The summed E-state index contributed by atoms with van der Waals surface area (Å²) in [6, 6.07) is 8.42. The highest BCUT2D eigenvalue weighted by atomic mass is 16.3. The number of nitrogens with zero attached hydrogens (tertiary/aromatic N) is 1. The van der Waals surface area contributed by atoms with Crippen molar-refractivity contribution in [1.82, 2.24) is 5.32 Å². The minimum Gasteiger partial charge on any atom is -0.508 e. The van der Waals surface area contributed by atoms with Crippen molar-refractivity contribution in [2.45, 2.75) is 24.9 Å². The molecule has 3 atom stereocenters. The number of imide groups is 1. The van der Waals surface area contributed by atoms with Gasteiger partial charge in [0.1, 0.15) is 17.1 Å². The van der Waals surface area contributed by atoms with Crippen molar-refractivity contribution >= 4 is 46.5 Å². The normalized spacial score (nSPS) is 23.0. The van der Waals surface area contributed by atoms with Gasteiger partial charge < -0.3 is 36.4 Å². The minimum absolute atomic E-state index is 0.0133. The number of benzene rings is 2. The summed E-state index contributed by atoms with van der Waals surface area (Å²) in [7, 11) is 3.37. The third-order valence-electron chi connectivity index (χ3n) is 8.03. The Morgan fingerprint density at radius 2 is 1.71 bits per heavy atom. The molecule has 3 aliphatic carbocycles. The molecular formula is C29H28N4O9. The summed E-state index contributed by atoms with van der Waals surface area (Å²) in [4.78, 5) is 64.9. The number of carbonyl (C=O) groups is 5. The van der Waals surface area contributed by atoms with E-state index in [1.807, 2.05) is 0 Å². The largest absolute Gasteiger partial charge is 0.508 e. The number of amides is 4. The number of Topliss-reactive ketones (excluding diaryl/α,β-unsaturated/α-hetero) is 2. The van der Waals surface area contributed by atoms with Gasteiger partial charge in [-0.15, -0.1) is 0 Å². The number of hydrogen-bond acceptors (Lipinski definition) is 10. The monoisotopic (exact) mass is 576 g/mol. The maximum absolute atomic E-state index is 13.7. The van der Waals surface area contributed by atoms with E-state index >= 15 is 0 Å². The van der Waals surface area contributed by atoms with E-state index in [4.69, 9.17) is 5.73 Å². The van der Waals surface area contributed by atoms with Crippen molar-refractivity contribution in [2.24, 2.45) is 17.6 Å². The number of urea groups is 1. The maximum atomic E-state index is 13.7. The van der Waals surface area contributed by atoms with Crippen LogP contribution < -0.4 is 21.3 Å². The molecule has 3 unspecified atom stereocenters. The van der Waals surface area contributed by atoms with Gasteiger partial charge in [0.05, 0.1) is 11.3 Å². The van der Waals surface area contributed by atoms with E-state index in [1.54, 1.807) is 37.2 Å². The van der Waals surface area contributed by atoms with Gasteiger partial charge in [-0.25, -0.2) is 4.79 Å². The highest BCUT2D eigenvalue weighted by Gasteiger charge is 2.60. The quantitative estimate of drug-likeness (QED) is 0.205. The third-order valence-corrected chi connectivity index (χ3v) is 8.03. The number of rotatable bonds is 4. The number of ketones is 2. The van der Waals surface area contributed by atoms with Crippen molar-refractivity contribution in [3.8, 4) is 5.75 Å². The van der Waals surface area contributed by atoms with Crippen molar-refractivity contribution in [2.75, 3.05) is 24.3 Å². The number of phenols is 1. The lowest BCUT2D eigenvalue weighted by atomic mass is 9.59. The van der Waals surface area contributed by atoms with Crippen molar-refractivity contribution in [1.29, 1.82) is 0 Å². The highest BCUT2D eigenvalue weighted by molar-refractivity contribution is 6.23. The topological polar surface area (TPSA) is 220 Å². The van der Waals surface area contributed by atoms with Gasteiger partial charge in [-0.05, 0) is 42.5 Å². The van der Waals surface area contributed by atoms with Gasteiger partial charge >= 0.3 is 6.03 Å². The van der Waals surface area contributed by atoms with Crippen LogP contribution >= 0.6 is 0 Å². The number of aromatic hydroxyl groups is 1. The predicted octanol–water partition coefficient (Wildman–Crippen LogP) is 1.45. The van der Waals surface area contributed by atoms with Gasteiger partial charge in [0, 0.05) is 43.3 Å². The SMILES string of the molecule is CN(C)c1cc(NC(=O)NC(=O)c2ccccc2)c(O)c2c1CC1CC3CC(=O)C(C(N)=O)=C(O)C3(O)C(=O)C1=C2O. The number of nitrogens with one attached hydrogen (secondary N) is 2. The molecule has 0 radical (unpaired) electrons. The summed E-state index contributed by atoms with van der Waals surface area (Å²) >= 11 is 0.